The Morgan fingerprint density at radius 2 is 2.06 bits per heavy atom. The van der Waals surface area contributed by atoms with E-state index in [1.807, 2.05) is 13.8 Å². The number of nitrogens with one attached hydrogen (secondary N) is 1. The molecule has 0 aliphatic heterocycles. The number of methoxy groups -OCH3 is 1. The van der Waals surface area contributed by atoms with E-state index in [4.69, 9.17) is 4.74 Å². The van der Waals surface area contributed by atoms with Gasteiger partial charge in [0.25, 0.3) is 5.91 Å². The van der Waals surface area contributed by atoms with E-state index < -0.39 is 11.7 Å². The van der Waals surface area contributed by atoms with Crippen LogP contribution in [0.4, 0.5) is 0 Å². The molecule has 4 heteroatoms. The van der Waals surface area contributed by atoms with Crippen molar-refractivity contribution in [2.24, 2.45) is 0 Å². The summed E-state index contributed by atoms with van der Waals surface area (Å²) in [5, 5.41) is 2.61. The minimum Gasteiger partial charge on any atom is -0.496 e. The Balaban J connectivity index is 2.72. The lowest BCUT2D eigenvalue weighted by atomic mass is 10.1. The third kappa shape index (κ3) is 3.58. The maximum absolute atomic E-state index is 11.8. The van der Waals surface area contributed by atoms with Crippen molar-refractivity contribution < 1.29 is 14.3 Å². The molecule has 0 bridgehead atoms. The molecular formula is C14H19NO3. The first-order valence-electron chi connectivity index (χ1n) is 6.07. The molecule has 0 fully saturated rings. The van der Waals surface area contributed by atoms with Crippen LogP contribution >= 0.6 is 0 Å². The van der Waals surface area contributed by atoms with Gasteiger partial charge in [0.2, 0.25) is 5.78 Å². The molecule has 0 aliphatic carbocycles. The molecule has 18 heavy (non-hydrogen) atoms. The lowest BCUT2D eigenvalue weighted by Crippen LogP contribution is -2.31. The highest BCUT2D eigenvalue weighted by Crippen LogP contribution is 2.18. The fraction of sp³-hybridized carbons (Fsp3) is 0.429. The van der Waals surface area contributed by atoms with Gasteiger partial charge in [-0.05, 0) is 37.1 Å². The van der Waals surface area contributed by atoms with Crippen LogP contribution < -0.4 is 10.1 Å². The van der Waals surface area contributed by atoms with Crippen molar-refractivity contribution in [3.8, 4) is 5.75 Å². The summed E-state index contributed by atoms with van der Waals surface area (Å²) in [6.07, 6.45) is 1.86. The van der Waals surface area contributed by atoms with Gasteiger partial charge in [-0.1, -0.05) is 13.3 Å². The minimum atomic E-state index is -0.548. The van der Waals surface area contributed by atoms with E-state index in [9.17, 15) is 9.59 Å². The van der Waals surface area contributed by atoms with E-state index in [2.05, 4.69) is 5.32 Å². The van der Waals surface area contributed by atoms with E-state index in [0.717, 1.165) is 18.4 Å². The molecule has 1 aromatic carbocycles. The van der Waals surface area contributed by atoms with Gasteiger partial charge in [0, 0.05) is 12.1 Å². The normalized spacial score (nSPS) is 9.94. The largest absolute Gasteiger partial charge is 0.496 e. The summed E-state index contributed by atoms with van der Waals surface area (Å²) in [7, 11) is 1.57. The predicted octanol–water partition coefficient (Wildman–Crippen LogP) is 2.10. The summed E-state index contributed by atoms with van der Waals surface area (Å²) in [5.41, 5.74) is 1.23. The van der Waals surface area contributed by atoms with E-state index in [1.165, 1.54) is 0 Å². The first-order valence-corrected chi connectivity index (χ1v) is 6.07. The Morgan fingerprint density at radius 3 is 2.61 bits per heavy atom. The van der Waals surface area contributed by atoms with Crippen LogP contribution in [0.15, 0.2) is 18.2 Å². The van der Waals surface area contributed by atoms with Gasteiger partial charge >= 0.3 is 0 Å². The number of ketones is 1. The fourth-order valence-electron chi connectivity index (χ4n) is 1.61. The van der Waals surface area contributed by atoms with Crippen molar-refractivity contribution in [3.05, 3.63) is 29.3 Å². The predicted molar refractivity (Wildman–Crippen MR) is 70.0 cm³/mol. The van der Waals surface area contributed by atoms with E-state index >= 15 is 0 Å². The summed E-state index contributed by atoms with van der Waals surface area (Å²) in [5.74, 6) is -0.345. The topological polar surface area (TPSA) is 55.4 Å². The lowest BCUT2D eigenvalue weighted by Gasteiger charge is -2.07. The number of aryl methyl sites for hydroxylation is 1. The molecule has 0 aromatic heterocycles. The molecule has 1 rings (SSSR count). The van der Waals surface area contributed by atoms with Crippen LogP contribution in [0, 0.1) is 6.92 Å². The van der Waals surface area contributed by atoms with E-state index in [0.29, 0.717) is 17.9 Å². The molecule has 98 valence electrons. The zero-order valence-corrected chi connectivity index (χ0v) is 11.1. The minimum absolute atomic E-state index is 0.391. The maximum atomic E-state index is 11.8. The monoisotopic (exact) mass is 249 g/mol. The second-order valence-corrected chi connectivity index (χ2v) is 4.12. The molecule has 0 radical (unpaired) electrons. The Bertz CT molecular complexity index is 441. The zero-order chi connectivity index (χ0) is 13.5. The fourth-order valence-corrected chi connectivity index (χ4v) is 1.61. The summed E-state index contributed by atoms with van der Waals surface area (Å²) >= 11 is 0. The standard InChI is InChI=1S/C14H19NO3/c1-4-5-8-15-14(17)13(16)11-6-7-12(18-3)10(2)9-11/h6-7,9H,4-5,8H2,1-3H3,(H,15,17). The second-order valence-electron chi connectivity index (χ2n) is 4.12. The van der Waals surface area contributed by atoms with Crippen LogP contribution in [0.3, 0.4) is 0 Å². The van der Waals surface area contributed by atoms with Crippen molar-refractivity contribution in [3.63, 3.8) is 0 Å². The SMILES string of the molecule is CCCCNC(=O)C(=O)c1ccc(OC)c(C)c1. The molecule has 1 amide bonds. The average molecular weight is 249 g/mol. The highest BCUT2D eigenvalue weighted by atomic mass is 16.5. The first kappa shape index (κ1) is 14.2. The molecular weight excluding hydrogens is 230 g/mol. The molecule has 4 nitrogen and oxygen atoms in total. The van der Waals surface area contributed by atoms with Crippen LogP contribution in [0.1, 0.15) is 35.7 Å². The van der Waals surface area contributed by atoms with Crippen molar-refractivity contribution in [2.45, 2.75) is 26.7 Å². The number of carbonyl (C=O) groups excluding carboxylic acids is 2. The Hall–Kier alpha value is -1.84. The molecule has 1 N–H and O–H groups in total. The smallest absolute Gasteiger partial charge is 0.292 e. The number of hydrogen-bond donors (Lipinski definition) is 1. The summed E-state index contributed by atoms with van der Waals surface area (Å²) in [6.45, 7) is 4.40. The third-order valence-corrected chi connectivity index (χ3v) is 2.68. The van der Waals surface area contributed by atoms with Gasteiger partial charge in [0.15, 0.2) is 0 Å². The summed E-state index contributed by atoms with van der Waals surface area (Å²) < 4.78 is 5.11. The Kier molecular flexibility index (Phi) is 5.36. The quantitative estimate of drug-likeness (QED) is 0.477. The Labute approximate surface area is 107 Å². The van der Waals surface area contributed by atoms with Gasteiger partial charge in [0.05, 0.1) is 7.11 Å². The van der Waals surface area contributed by atoms with Crippen molar-refractivity contribution in [1.82, 2.24) is 5.32 Å². The molecule has 0 spiro atoms. The summed E-state index contributed by atoms with van der Waals surface area (Å²) in [6, 6.07) is 4.97. The number of unbranched alkanes of at least 4 members (excludes halogenated alkanes) is 1. The highest BCUT2D eigenvalue weighted by Gasteiger charge is 2.16. The molecule has 0 heterocycles. The molecule has 1 aromatic rings. The average Bonchev–Trinajstić information content (AvgIpc) is 2.38. The maximum Gasteiger partial charge on any atom is 0.292 e. The molecule has 0 unspecified atom stereocenters. The number of Topliss-reactive ketones (excluding diaryl/α,β-unsaturated/α-hetero) is 1. The number of hydrogen-bond acceptors (Lipinski definition) is 3. The molecule has 0 saturated carbocycles. The molecule has 0 saturated heterocycles. The van der Waals surface area contributed by atoms with Gasteiger partial charge in [-0.15, -0.1) is 0 Å². The third-order valence-electron chi connectivity index (χ3n) is 2.68. The number of amides is 1. The van der Waals surface area contributed by atoms with Crippen LogP contribution in [0.2, 0.25) is 0 Å². The van der Waals surface area contributed by atoms with Crippen LogP contribution in [0.25, 0.3) is 0 Å². The van der Waals surface area contributed by atoms with E-state index in [-0.39, 0.29) is 0 Å². The van der Waals surface area contributed by atoms with Gasteiger partial charge < -0.3 is 10.1 Å². The zero-order valence-electron chi connectivity index (χ0n) is 11.1. The van der Waals surface area contributed by atoms with Gasteiger partial charge in [-0.25, -0.2) is 0 Å². The number of carbonyl (C=O) groups is 2. The summed E-state index contributed by atoms with van der Waals surface area (Å²) in [4.78, 5) is 23.4. The van der Waals surface area contributed by atoms with Crippen molar-refractivity contribution >= 4 is 11.7 Å². The van der Waals surface area contributed by atoms with E-state index in [1.54, 1.807) is 25.3 Å². The van der Waals surface area contributed by atoms with Crippen LogP contribution in [0.5, 0.6) is 5.75 Å². The lowest BCUT2D eigenvalue weighted by molar-refractivity contribution is -0.117. The van der Waals surface area contributed by atoms with Crippen molar-refractivity contribution in [2.75, 3.05) is 13.7 Å². The Morgan fingerprint density at radius 1 is 1.33 bits per heavy atom. The number of benzene rings is 1. The molecule has 0 aliphatic rings. The molecule has 0 atom stereocenters. The van der Waals surface area contributed by atoms with Crippen molar-refractivity contribution in [1.29, 1.82) is 0 Å². The van der Waals surface area contributed by atoms with Crippen LogP contribution in [-0.4, -0.2) is 25.3 Å². The van der Waals surface area contributed by atoms with Gasteiger partial charge in [-0.3, -0.25) is 9.59 Å². The van der Waals surface area contributed by atoms with Gasteiger partial charge in [0.1, 0.15) is 5.75 Å². The number of rotatable bonds is 6. The number of ether oxygens (including phenoxy) is 1. The van der Waals surface area contributed by atoms with Crippen LogP contribution in [-0.2, 0) is 4.79 Å². The van der Waals surface area contributed by atoms with Gasteiger partial charge in [-0.2, -0.15) is 0 Å². The first-order chi connectivity index (χ1) is 8.60. The second kappa shape index (κ2) is 6.79. The highest BCUT2D eigenvalue weighted by molar-refractivity contribution is 6.42.